The molecule has 1 aliphatic heterocycles. The molecule has 1 saturated heterocycles. The fraction of sp³-hybridized carbons (Fsp3) is 0.444. The van der Waals surface area contributed by atoms with E-state index in [1.54, 1.807) is 10.6 Å². The van der Waals surface area contributed by atoms with E-state index in [1.165, 1.54) is 24.2 Å². The number of amides is 1. The maximum absolute atomic E-state index is 13.4. The van der Waals surface area contributed by atoms with Gasteiger partial charge < -0.3 is 4.90 Å². The van der Waals surface area contributed by atoms with Crippen LogP contribution in [0.5, 0.6) is 0 Å². The Labute approximate surface area is 164 Å². The fourth-order valence-electron chi connectivity index (χ4n) is 3.20. The van der Waals surface area contributed by atoms with Crippen LogP contribution in [0.2, 0.25) is 0 Å². The molecule has 0 aromatic carbocycles. The number of aromatic nitrogens is 4. The summed E-state index contributed by atoms with van der Waals surface area (Å²) in [4.78, 5) is 15.5. The summed E-state index contributed by atoms with van der Waals surface area (Å²) >= 11 is 2.48. The number of likely N-dealkylation sites (tertiary alicyclic amines) is 1. The number of carbonyl (C=O) groups excluding carboxylic acids is 1. The third-order valence-corrected chi connectivity index (χ3v) is 6.76. The van der Waals surface area contributed by atoms with E-state index in [2.05, 4.69) is 15.3 Å². The highest BCUT2D eigenvalue weighted by Crippen LogP contribution is 2.29. The maximum Gasteiger partial charge on any atom is 0.236 e. The number of hydrogen-bond donors (Lipinski definition) is 0. The molecule has 0 radical (unpaired) electrons. The van der Waals surface area contributed by atoms with Crippen LogP contribution in [-0.2, 0) is 4.79 Å². The number of hydrogen-bond acceptors (Lipinski definition) is 6. The van der Waals surface area contributed by atoms with E-state index in [4.69, 9.17) is 0 Å². The van der Waals surface area contributed by atoms with Gasteiger partial charge in [0.05, 0.1) is 10.1 Å². The lowest BCUT2D eigenvalue weighted by Gasteiger charge is -2.29. The number of nitrogens with zero attached hydrogens (tertiary/aromatic N) is 5. The minimum atomic E-state index is -0.273. The standard InChI is InChI=1S/C18H20FN5OS2/c1-2-12(18(25)23-10-4-3-5-11-23)27-16-9-8-15-20-21-17(24(15)22-16)13-6-7-14(19)26-13/h6-9,12H,2-5,10-11H2,1H3. The van der Waals surface area contributed by atoms with E-state index < -0.39 is 0 Å². The second-order valence-electron chi connectivity index (χ2n) is 6.47. The molecule has 142 valence electrons. The number of carbonyl (C=O) groups is 1. The maximum atomic E-state index is 13.4. The van der Waals surface area contributed by atoms with Gasteiger partial charge in [-0.2, -0.15) is 14.0 Å². The summed E-state index contributed by atoms with van der Waals surface area (Å²) < 4.78 is 15.0. The van der Waals surface area contributed by atoms with E-state index in [1.807, 2.05) is 24.0 Å². The number of piperidine rings is 1. The Kier molecular flexibility index (Phi) is 5.40. The van der Waals surface area contributed by atoms with E-state index >= 15 is 0 Å². The lowest BCUT2D eigenvalue weighted by atomic mass is 10.1. The molecule has 6 nitrogen and oxygen atoms in total. The van der Waals surface area contributed by atoms with Crippen LogP contribution in [0.15, 0.2) is 29.3 Å². The highest BCUT2D eigenvalue weighted by Gasteiger charge is 2.26. The van der Waals surface area contributed by atoms with Gasteiger partial charge in [0.15, 0.2) is 16.6 Å². The van der Waals surface area contributed by atoms with Crippen LogP contribution < -0.4 is 0 Å². The Hall–Kier alpha value is -2.00. The van der Waals surface area contributed by atoms with Gasteiger partial charge in [0.2, 0.25) is 5.91 Å². The number of thiophene rings is 1. The molecular formula is C18H20FN5OS2. The topological polar surface area (TPSA) is 63.4 Å². The third kappa shape index (κ3) is 3.84. The van der Waals surface area contributed by atoms with Gasteiger partial charge in [-0.1, -0.05) is 18.7 Å². The van der Waals surface area contributed by atoms with Crippen molar-refractivity contribution in [3.63, 3.8) is 0 Å². The van der Waals surface area contributed by atoms with Crippen molar-refractivity contribution in [1.29, 1.82) is 0 Å². The van der Waals surface area contributed by atoms with Gasteiger partial charge >= 0.3 is 0 Å². The number of thioether (sulfide) groups is 1. The summed E-state index contributed by atoms with van der Waals surface area (Å²) in [6, 6.07) is 6.77. The highest BCUT2D eigenvalue weighted by atomic mass is 32.2. The average molecular weight is 406 g/mol. The smallest absolute Gasteiger partial charge is 0.236 e. The van der Waals surface area contributed by atoms with Crippen molar-refractivity contribution in [3.05, 3.63) is 29.4 Å². The summed E-state index contributed by atoms with van der Waals surface area (Å²) in [5, 5.41) is 13.1. The van der Waals surface area contributed by atoms with Gasteiger partial charge in [0.1, 0.15) is 5.03 Å². The summed E-state index contributed by atoms with van der Waals surface area (Å²) in [6.07, 6.45) is 4.10. The van der Waals surface area contributed by atoms with Crippen LogP contribution in [0.25, 0.3) is 16.3 Å². The molecule has 0 bridgehead atoms. The predicted octanol–water partition coefficient (Wildman–Crippen LogP) is 3.88. The van der Waals surface area contributed by atoms with E-state index in [-0.39, 0.29) is 16.3 Å². The molecule has 4 rings (SSSR count). The molecule has 0 N–H and O–H groups in total. The first kappa shape index (κ1) is 18.4. The van der Waals surface area contributed by atoms with Crippen LogP contribution in [-0.4, -0.2) is 49.0 Å². The largest absolute Gasteiger partial charge is 0.342 e. The van der Waals surface area contributed by atoms with Crippen LogP contribution >= 0.6 is 23.1 Å². The van der Waals surface area contributed by atoms with Crippen LogP contribution in [0.4, 0.5) is 4.39 Å². The van der Waals surface area contributed by atoms with E-state index in [0.29, 0.717) is 16.3 Å². The van der Waals surface area contributed by atoms with Gasteiger partial charge in [-0.3, -0.25) is 4.79 Å². The van der Waals surface area contributed by atoms with Gasteiger partial charge in [0, 0.05) is 13.1 Å². The highest BCUT2D eigenvalue weighted by molar-refractivity contribution is 8.00. The Morgan fingerprint density at radius 2 is 2.04 bits per heavy atom. The van der Waals surface area contributed by atoms with E-state index in [0.717, 1.165) is 48.7 Å². The summed E-state index contributed by atoms with van der Waals surface area (Å²) in [5.74, 6) is 0.699. The second kappa shape index (κ2) is 7.93. The molecule has 1 fully saturated rings. The lowest BCUT2D eigenvalue weighted by Crippen LogP contribution is -2.40. The molecule has 0 spiro atoms. The van der Waals surface area contributed by atoms with Crippen molar-refractivity contribution in [2.24, 2.45) is 0 Å². The quantitative estimate of drug-likeness (QED) is 0.603. The molecule has 0 aliphatic carbocycles. The zero-order valence-electron chi connectivity index (χ0n) is 15.0. The van der Waals surface area contributed by atoms with E-state index in [9.17, 15) is 9.18 Å². The Balaban J connectivity index is 1.58. The van der Waals surface area contributed by atoms with Crippen LogP contribution in [0.3, 0.4) is 0 Å². The molecule has 9 heteroatoms. The SMILES string of the molecule is CCC(Sc1ccc2nnc(-c3ccc(F)s3)n2n1)C(=O)N1CCCCC1. The second-order valence-corrected chi connectivity index (χ2v) is 8.73. The summed E-state index contributed by atoms with van der Waals surface area (Å²) in [6.45, 7) is 3.72. The lowest BCUT2D eigenvalue weighted by molar-refractivity contribution is -0.131. The molecule has 1 unspecified atom stereocenters. The Morgan fingerprint density at radius 1 is 1.22 bits per heavy atom. The average Bonchev–Trinajstić information content (AvgIpc) is 3.31. The molecule has 3 aromatic heterocycles. The van der Waals surface area contributed by atoms with Crippen molar-refractivity contribution >= 4 is 34.7 Å². The first-order valence-electron chi connectivity index (χ1n) is 9.09. The zero-order chi connectivity index (χ0) is 18.8. The minimum absolute atomic E-state index is 0.160. The molecule has 1 aliphatic rings. The predicted molar refractivity (Wildman–Crippen MR) is 104 cm³/mol. The monoisotopic (exact) mass is 405 g/mol. The molecule has 27 heavy (non-hydrogen) atoms. The molecule has 4 heterocycles. The fourth-order valence-corrected chi connectivity index (χ4v) is 4.88. The minimum Gasteiger partial charge on any atom is -0.342 e. The van der Waals surface area contributed by atoms with Crippen LogP contribution in [0, 0.1) is 5.13 Å². The van der Waals surface area contributed by atoms with Crippen molar-refractivity contribution in [1.82, 2.24) is 24.7 Å². The first-order chi connectivity index (χ1) is 13.2. The van der Waals surface area contributed by atoms with Gasteiger partial charge in [0.25, 0.3) is 0 Å². The molecule has 0 saturated carbocycles. The van der Waals surface area contributed by atoms with Gasteiger partial charge in [-0.05, 0) is 49.9 Å². The van der Waals surface area contributed by atoms with Crippen molar-refractivity contribution in [2.75, 3.05) is 13.1 Å². The Bertz CT molecular complexity index is 950. The third-order valence-electron chi connectivity index (χ3n) is 4.61. The molecular weight excluding hydrogens is 385 g/mol. The van der Waals surface area contributed by atoms with Crippen molar-refractivity contribution < 1.29 is 9.18 Å². The van der Waals surface area contributed by atoms with Crippen molar-refractivity contribution in [2.45, 2.75) is 42.9 Å². The number of halogens is 1. The molecule has 3 aromatic rings. The van der Waals surface area contributed by atoms with Crippen LogP contribution in [0.1, 0.15) is 32.6 Å². The molecule has 1 amide bonds. The number of fused-ring (bicyclic) bond motifs is 1. The summed E-state index contributed by atoms with van der Waals surface area (Å²) in [5.41, 5.74) is 0.596. The normalized spacial score (nSPS) is 16.0. The van der Waals surface area contributed by atoms with Crippen molar-refractivity contribution in [3.8, 4) is 10.7 Å². The Morgan fingerprint density at radius 3 is 2.74 bits per heavy atom. The first-order valence-corrected chi connectivity index (χ1v) is 10.8. The summed E-state index contributed by atoms with van der Waals surface area (Å²) in [7, 11) is 0. The zero-order valence-corrected chi connectivity index (χ0v) is 16.6. The van der Waals surface area contributed by atoms with Gasteiger partial charge in [-0.15, -0.1) is 21.5 Å². The van der Waals surface area contributed by atoms with Gasteiger partial charge in [-0.25, -0.2) is 0 Å². The number of rotatable bonds is 5. The molecule has 1 atom stereocenters.